The van der Waals surface area contributed by atoms with Crippen LogP contribution in [0.1, 0.15) is 16.6 Å². The van der Waals surface area contributed by atoms with Crippen molar-refractivity contribution in [3.05, 3.63) is 45.1 Å². The van der Waals surface area contributed by atoms with Crippen molar-refractivity contribution in [2.24, 2.45) is 0 Å². The van der Waals surface area contributed by atoms with Crippen molar-refractivity contribution < 1.29 is 23.9 Å². The third-order valence-electron chi connectivity index (χ3n) is 3.36. The molecule has 0 aliphatic heterocycles. The van der Waals surface area contributed by atoms with Crippen LogP contribution in [0, 0.1) is 0 Å². The molecule has 0 aliphatic rings. The van der Waals surface area contributed by atoms with Crippen molar-refractivity contribution in [1.82, 2.24) is 15.8 Å². The fourth-order valence-electron chi connectivity index (χ4n) is 2.11. The summed E-state index contributed by atoms with van der Waals surface area (Å²) in [5, 5.41) is 0. The molecule has 0 saturated heterocycles. The summed E-state index contributed by atoms with van der Waals surface area (Å²) < 4.78 is 11.6. The Hall–Kier alpha value is -2.59. The van der Waals surface area contributed by atoms with Gasteiger partial charge in [0.25, 0.3) is 17.7 Å². The SMILES string of the molecule is CCOc1ccccc1OCC(=O)NNC(=O)CN(C)C(=O)c1ccc(Br)s1. The molecule has 0 aliphatic carbocycles. The van der Waals surface area contributed by atoms with Gasteiger partial charge in [0, 0.05) is 7.05 Å². The average Bonchev–Trinajstić information content (AvgIpc) is 3.11. The van der Waals surface area contributed by atoms with E-state index in [1.54, 1.807) is 36.4 Å². The first kappa shape index (κ1) is 21.7. The van der Waals surface area contributed by atoms with E-state index in [2.05, 4.69) is 26.8 Å². The summed E-state index contributed by atoms with van der Waals surface area (Å²) in [7, 11) is 1.51. The summed E-state index contributed by atoms with van der Waals surface area (Å²) in [6, 6.07) is 10.4. The average molecular weight is 470 g/mol. The third-order valence-corrected chi connectivity index (χ3v) is 4.97. The minimum atomic E-state index is -0.546. The minimum absolute atomic E-state index is 0.206. The largest absolute Gasteiger partial charge is 0.490 e. The van der Waals surface area contributed by atoms with E-state index in [4.69, 9.17) is 9.47 Å². The van der Waals surface area contributed by atoms with Gasteiger partial charge >= 0.3 is 0 Å². The second kappa shape index (κ2) is 10.7. The smallest absolute Gasteiger partial charge is 0.276 e. The molecule has 150 valence electrons. The lowest BCUT2D eigenvalue weighted by Crippen LogP contribution is -2.48. The lowest BCUT2D eigenvalue weighted by atomic mass is 10.3. The Morgan fingerprint density at radius 2 is 1.68 bits per heavy atom. The van der Waals surface area contributed by atoms with Gasteiger partial charge in [-0.15, -0.1) is 11.3 Å². The van der Waals surface area contributed by atoms with Gasteiger partial charge in [-0.3, -0.25) is 25.2 Å². The van der Waals surface area contributed by atoms with Gasteiger partial charge in [0.15, 0.2) is 18.1 Å². The van der Waals surface area contributed by atoms with E-state index in [0.717, 1.165) is 3.79 Å². The normalized spacial score (nSPS) is 10.1. The van der Waals surface area contributed by atoms with Crippen LogP contribution in [0.3, 0.4) is 0 Å². The molecule has 0 spiro atoms. The number of benzene rings is 1. The molecular formula is C18H20BrN3O5S. The van der Waals surface area contributed by atoms with Crippen LogP contribution in [0.25, 0.3) is 0 Å². The molecule has 8 nitrogen and oxygen atoms in total. The molecule has 28 heavy (non-hydrogen) atoms. The first-order valence-electron chi connectivity index (χ1n) is 8.33. The lowest BCUT2D eigenvalue weighted by molar-refractivity contribution is -0.130. The predicted octanol–water partition coefficient (Wildman–Crippen LogP) is 2.21. The number of halogens is 1. The third kappa shape index (κ3) is 6.54. The van der Waals surface area contributed by atoms with Gasteiger partial charge in [0.05, 0.1) is 15.3 Å². The topological polar surface area (TPSA) is 97.0 Å². The number of hydrogen-bond acceptors (Lipinski definition) is 6. The zero-order valence-electron chi connectivity index (χ0n) is 15.4. The van der Waals surface area contributed by atoms with Crippen LogP contribution in [-0.2, 0) is 9.59 Å². The van der Waals surface area contributed by atoms with Crippen LogP contribution in [-0.4, -0.2) is 49.4 Å². The van der Waals surface area contributed by atoms with Crippen molar-refractivity contribution >= 4 is 45.0 Å². The molecule has 0 atom stereocenters. The Morgan fingerprint density at radius 1 is 1.04 bits per heavy atom. The van der Waals surface area contributed by atoms with E-state index < -0.39 is 11.8 Å². The molecule has 2 N–H and O–H groups in total. The van der Waals surface area contributed by atoms with Gasteiger partial charge in [-0.05, 0) is 47.1 Å². The predicted molar refractivity (Wildman–Crippen MR) is 108 cm³/mol. The highest BCUT2D eigenvalue weighted by atomic mass is 79.9. The highest BCUT2D eigenvalue weighted by molar-refractivity contribution is 9.11. The van der Waals surface area contributed by atoms with Gasteiger partial charge in [-0.1, -0.05) is 12.1 Å². The Labute approximate surface area is 174 Å². The van der Waals surface area contributed by atoms with Gasteiger partial charge in [-0.25, -0.2) is 0 Å². The molecule has 1 aromatic carbocycles. The van der Waals surface area contributed by atoms with E-state index in [1.807, 2.05) is 6.92 Å². The molecule has 1 aromatic heterocycles. The maximum atomic E-state index is 12.2. The summed E-state index contributed by atoms with van der Waals surface area (Å²) in [6.45, 7) is 1.81. The quantitative estimate of drug-likeness (QED) is 0.577. The number of thiophene rings is 1. The van der Waals surface area contributed by atoms with Crippen molar-refractivity contribution in [2.75, 3.05) is 26.8 Å². The van der Waals surface area contributed by atoms with E-state index >= 15 is 0 Å². The second-order valence-corrected chi connectivity index (χ2v) is 7.99. The Bertz CT molecular complexity index is 842. The number of ether oxygens (including phenoxy) is 2. The van der Waals surface area contributed by atoms with Crippen LogP contribution < -0.4 is 20.3 Å². The molecule has 0 bridgehead atoms. The van der Waals surface area contributed by atoms with E-state index in [0.29, 0.717) is 23.0 Å². The van der Waals surface area contributed by atoms with Crippen LogP contribution >= 0.6 is 27.3 Å². The summed E-state index contributed by atoms with van der Waals surface area (Å²) in [5.41, 5.74) is 4.50. The molecule has 3 amide bonds. The van der Waals surface area contributed by atoms with Crippen molar-refractivity contribution in [3.8, 4) is 11.5 Å². The fourth-order valence-corrected chi connectivity index (χ4v) is 3.49. The standard InChI is InChI=1S/C18H20BrN3O5S/c1-3-26-12-6-4-5-7-13(12)27-11-17(24)21-20-16(23)10-22(2)18(25)14-8-9-15(19)28-14/h4-9H,3,10-11H2,1-2H3,(H,20,23)(H,21,24). The van der Waals surface area contributed by atoms with Gasteiger partial charge in [0.1, 0.15) is 6.54 Å². The minimum Gasteiger partial charge on any atom is -0.490 e. The van der Waals surface area contributed by atoms with Crippen molar-refractivity contribution in [1.29, 1.82) is 0 Å². The Balaban J connectivity index is 1.75. The Kier molecular flexibility index (Phi) is 8.27. The number of likely N-dealkylation sites (N-methyl/N-ethyl adjacent to an activating group) is 1. The maximum Gasteiger partial charge on any atom is 0.276 e. The number of para-hydroxylation sites is 2. The molecule has 0 radical (unpaired) electrons. The van der Waals surface area contributed by atoms with Crippen LogP contribution in [0.15, 0.2) is 40.2 Å². The summed E-state index contributed by atoms with van der Waals surface area (Å²) in [6.07, 6.45) is 0. The number of carbonyl (C=O) groups is 3. The van der Waals surface area contributed by atoms with E-state index in [-0.39, 0.29) is 19.1 Å². The molecule has 1 heterocycles. The van der Waals surface area contributed by atoms with Crippen molar-refractivity contribution in [3.63, 3.8) is 0 Å². The van der Waals surface area contributed by atoms with Crippen LogP contribution in [0.4, 0.5) is 0 Å². The molecule has 2 rings (SSSR count). The molecular weight excluding hydrogens is 450 g/mol. The summed E-state index contributed by atoms with van der Waals surface area (Å²) in [5.74, 6) is -0.404. The van der Waals surface area contributed by atoms with Crippen LogP contribution in [0.2, 0.25) is 0 Å². The first-order valence-corrected chi connectivity index (χ1v) is 9.94. The van der Waals surface area contributed by atoms with E-state index in [9.17, 15) is 14.4 Å². The molecule has 2 aromatic rings. The number of rotatable bonds is 8. The maximum absolute atomic E-state index is 12.2. The monoisotopic (exact) mass is 469 g/mol. The second-order valence-electron chi connectivity index (χ2n) is 5.53. The zero-order chi connectivity index (χ0) is 20.5. The number of nitrogens with one attached hydrogen (secondary N) is 2. The lowest BCUT2D eigenvalue weighted by Gasteiger charge is -2.16. The zero-order valence-corrected chi connectivity index (χ0v) is 17.8. The molecule has 0 saturated carbocycles. The molecule has 10 heteroatoms. The van der Waals surface area contributed by atoms with E-state index in [1.165, 1.54) is 23.3 Å². The van der Waals surface area contributed by atoms with Gasteiger partial charge in [-0.2, -0.15) is 0 Å². The van der Waals surface area contributed by atoms with Gasteiger partial charge < -0.3 is 14.4 Å². The van der Waals surface area contributed by atoms with Crippen LogP contribution in [0.5, 0.6) is 11.5 Å². The Morgan fingerprint density at radius 3 is 2.29 bits per heavy atom. The number of carbonyl (C=O) groups excluding carboxylic acids is 3. The highest BCUT2D eigenvalue weighted by Crippen LogP contribution is 2.26. The fraction of sp³-hybridized carbons (Fsp3) is 0.278. The van der Waals surface area contributed by atoms with Crippen molar-refractivity contribution in [2.45, 2.75) is 6.92 Å². The number of hydrazine groups is 1. The number of hydrogen-bond donors (Lipinski definition) is 2. The first-order chi connectivity index (χ1) is 13.4. The number of nitrogens with zero attached hydrogens (tertiary/aromatic N) is 1. The summed E-state index contributed by atoms with van der Waals surface area (Å²) in [4.78, 5) is 37.7. The molecule has 0 fully saturated rings. The van der Waals surface area contributed by atoms with Gasteiger partial charge in [0.2, 0.25) is 0 Å². The molecule has 0 unspecified atom stereocenters. The highest BCUT2D eigenvalue weighted by Gasteiger charge is 2.17. The summed E-state index contributed by atoms with van der Waals surface area (Å²) >= 11 is 4.56. The number of amides is 3.